The molecule has 21 heavy (non-hydrogen) atoms. The summed E-state index contributed by atoms with van der Waals surface area (Å²) in [6.45, 7) is 2.43. The Morgan fingerprint density at radius 3 is 3.05 bits per heavy atom. The molecular weight excluding hydrogens is 338 g/mol. The van der Waals surface area contributed by atoms with E-state index >= 15 is 0 Å². The van der Waals surface area contributed by atoms with Gasteiger partial charge in [0.05, 0.1) is 12.3 Å². The van der Waals surface area contributed by atoms with Crippen molar-refractivity contribution in [1.29, 1.82) is 0 Å². The van der Waals surface area contributed by atoms with Gasteiger partial charge in [-0.05, 0) is 18.6 Å². The second-order valence-corrected chi connectivity index (χ2v) is 4.90. The molecule has 7 heteroatoms. The number of rotatable bonds is 6. The number of hydrogen-bond acceptors (Lipinski definition) is 5. The van der Waals surface area contributed by atoms with Crippen molar-refractivity contribution < 1.29 is 14.1 Å². The number of nitrogens with one attached hydrogen (secondary N) is 1. The van der Waals surface area contributed by atoms with Gasteiger partial charge in [-0.2, -0.15) is 0 Å². The molecular formula is C14H16BrN3O3. The molecule has 0 fully saturated rings. The van der Waals surface area contributed by atoms with Gasteiger partial charge in [-0.25, -0.2) is 9.78 Å². The van der Waals surface area contributed by atoms with Crippen molar-refractivity contribution in [1.82, 2.24) is 10.1 Å². The van der Waals surface area contributed by atoms with Gasteiger partial charge in [-0.15, -0.1) is 0 Å². The van der Waals surface area contributed by atoms with Crippen molar-refractivity contribution in [2.24, 2.45) is 0 Å². The van der Waals surface area contributed by atoms with E-state index in [1.54, 1.807) is 24.3 Å². The molecule has 6 nitrogen and oxygen atoms in total. The van der Waals surface area contributed by atoms with Crippen LogP contribution in [0.1, 0.15) is 25.5 Å². The minimum Gasteiger partial charge on any atom is -0.449 e. The lowest BCUT2D eigenvalue weighted by Crippen LogP contribution is -2.15. The highest BCUT2D eigenvalue weighted by molar-refractivity contribution is 9.08. The summed E-state index contributed by atoms with van der Waals surface area (Å²) in [6, 6.07) is 7.04. The fourth-order valence-electron chi connectivity index (χ4n) is 1.59. The highest BCUT2D eigenvalue weighted by Crippen LogP contribution is 2.20. The number of unbranched alkanes of at least 4 members (excludes halogenated alkanes) is 1. The molecule has 0 aliphatic carbocycles. The molecule has 2 aromatic heterocycles. The molecule has 1 N–H and O–H groups in total. The fraction of sp³-hybridized carbons (Fsp3) is 0.357. The Kier molecular flexibility index (Phi) is 5.74. The predicted molar refractivity (Wildman–Crippen MR) is 82.2 cm³/mol. The summed E-state index contributed by atoms with van der Waals surface area (Å²) in [5.74, 6) is 0.957. The molecule has 2 heterocycles. The first-order valence-corrected chi connectivity index (χ1v) is 7.78. The number of pyridine rings is 1. The van der Waals surface area contributed by atoms with Crippen molar-refractivity contribution in [3.63, 3.8) is 0 Å². The summed E-state index contributed by atoms with van der Waals surface area (Å²) in [5.41, 5.74) is 1.38. The van der Waals surface area contributed by atoms with E-state index in [4.69, 9.17) is 9.26 Å². The third-order valence-electron chi connectivity index (χ3n) is 2.66. The topological polar surface area (TPSA) is 77.2 Å². The summed E-state index contributed by atoms with van der Waals surface area (Å²) >= 11 is 3.30. The zero-order valence-corrected chi connectivity index (χ0v) is 13.2. The summed E-state index contributed by atoms with van der Waals surface area (Å²) < 4.78 is 10.2. The number of carbonyl (C=O) groups is 1. The number of aromatic nitrogens is 2. The number of ether oxygens (including phenoxy) is 1. The highest BCUT2D eigenvalue weighted by Gasteiger charge is 2.09. The lowest BCUT2D eigenvalue weighted by molar-refractivity contribution is 0.160. The molecule has 0 radical (unpaired) electrons. The third kappa shape index (κ3) is 4.56. The molecule has 0 aliphatic heterocycles. The van der Waals surface area contributed by atoms with Gasteiger partial charge in [0, 0.05) is 11.4 Å². The number of nitrogens with zero attached hydrogens (tertiary/aromatic N) is 2. The Balaban J connectivity index is 2.02. The Labute approximate surface area is 131 Å². The first-order chi connectivity index (χ1) is 10.2. The van der Waals surface area contributed by atoms with Crippen LogP contribution in [-0.2, 0) is 10.1 Å². The Morgan fingerprint density at radius 2 is 2.33 bits per heavy atom. The number of hydrogen-bond donors (Lipinski definition) is 1. The summed E-state index contributed by atoms with van der Waals surface area (Å²) in [7, 11) is 0. The average molecular weight is 354 g/mol. The van der Waals surface area contributed by atoms with E-state index in [1.165, 1.54) is 0 Å². The minimum absolute atomic E-state index is 0.402. The van der Waals surface area contributed by atoms with Gasteiger partial charge in [0.25, 0.3) is 0 Å². The maximum atomic E-state index is 11.6. The van der Waals surface area contributed by atoms with Crippen LogP contribution in [0, 0.1) is 0 Å². The second-order valence-electron chi connectivity index (χ2n) is 4.34. The molecule has 0 bridgehead atoms. The molecule has 0 atom stereocenters. The molecule has 2 rings (SSSR count). The van der Waals surface area contributed by atoms with E-state index in [1.807, 2.05) is 6.92 Å². The Morgan fingerprint density at radius 1 is 1.48 bits per heavy atom. The smallest absolute Gasteiger partial charge is 0.412 e. The fourth-order valence-corrected chi connectivity index (χ4v) is 1.85. The van der Waals surface area contributed by atoms with Gasteiger partial charge in [-0.1, -0.05) is 40.5 Å². The molecule has 0 saturated heterocycles. The first kappa shape index (κ1) is 15.5. The summed E-state index contributed by atoms with van der Waals surface area (Å²) in [6.07, 6.45) is 1.31. The third-order valence-corrected chi connectivity index (χ3v) is 3.23. The maximum absolute atomic E-state index is 11.6. The quantitative estimate of drug-likeness (QED) is 0.627. The van der Waals surface area contributed by atoms with Crippen LogP contribution in [0.25, 0.3) is 11.5 Å². The van der Waals surface area contributed by atoms with Crippen LogP contribution in [0.2, 0.25) is 0 Å². The van der Waals surface area contributed by atoms with Crippen LogP contribution in [0.3, 0.4) is 0 Å². The van der Waals surface area contributed by atoms with Crippen molar-refractivity contribution >= 4 is 27.8 Å². The second kappa shape index (κ2) is 7.78. The van der Waals surface area contributed by atoms with Crippen LogP contribution in [0.5, 0.6) is 0 Å². The molecule has 1 amide bonds. The number of amides is 1. The van der Waals surface area contributed by atoms with E-state index in [-0.39, 0.29) is 0 Å². The van der Waals surface area contributed by atoms with Gasteiger partial charge in [0.15, 0.2) is 5.76 Å². The predicted octanol–water partition coefficient (Wildman–Crippen LogP) is 3.98. The maximum Gasteiger partial charge on any atom is 0.412 e. The zero-order chi connectivity index (χ0) is 15.1. The van der Waals surface area contributed by atoms with E-state index in [9.17, 15) is 4.79 Å². The largest absolute Gasteiger partial charge is 0.449 e. The van der Waals surface area contributed by atoms with Crippen molar-refractivity contribution in [3.05, 3.63) is 30.0 Å². The van der Waals surface area contributed by atoms with Crippen molar-refractivity contribution in [3.8, 4) is 11.5 Å². The summed E-state index contributed by atoms with van der Waals surface area (Å²) in [4.78, 5) is 15.9. The van der Waals surface area contributed by atoms with Crippen LogP contribution in [0.15, 0.2) is 28.8 Å². The standard InChI is InChI=1S/C14H16BrN3O3/c1-2-3-7-20-14(19)17-13-6-4-5-11(16-13)12-8-10(9-15)18-21-12/h4-6,8H,2-3,7,9H2,1H3,(H,16,17,19). The van der Waals surface area contributed by atoms with Gasteiger partial charge in [-0.3, -0.25) is 5.32 Å². The van der Waals surface area contributed by atoms with Gasteiger partial charge in [0.1, 0.15) is 11.5 Å². The van der Waals surface area contributed by atoms with Crippen molar-refractivity contribution in [2.45, 2.75) is 25.1 Å². The number of halogens is 1. The SMILES string of the molecule is CCCCOC(=O)Nc1cccc(-c2cc(CBr)no2)n1. The highest BCUT2D eigenvalue weighted by atomic mass is 79.9. The lowest BCUT2D eigenvalue weighted by atomic mass is 10.2. The van der Waals surface area contributed by atoms with Gasteiger partial charge < -0.3 is 9.26 Å². The molecule has 0 spiro atoms. The van der Waals surface area contributed by atoms with Crippen LogP contribution in [-0.4, -0.2) is 22.8 Å². The van der Waals surface area contributed by atoms with E-state index in [0.29, 0.717) is 29.2 Å². The number of alkyl halides is 1. The van der Waals surface area contributed by atoms with Gasteiger partial charge >= 0.3 is 6.09 Å². The van der Waals surface area contributed by atoms with Crippen LogP contribution < -0.4 is 5.32 Å². The Hall–Kier alpha value is -1.89. The normalized spacial score (nSPS) is 10.4. The first-order valence-electron chi connectivity index (χ1n) is 6.65. The molecule has 112 valence electrons. The van der Waals surface area contributed by atoms with E-state index < -0.39 is 6.09 Å². The molecule has 0 aliphatic rings. The molecule has 2 aromatic rings. The molecule has 0 aromatic carbocycles. The average Bonchev–Trinajstić information content (AvgIpc) is 2.97. The van der Waals surface area contributed by atoms with E-state index in [0.717, 1.165) is 18.5 Å². The lowest BCUT2D eigenvalue weighted by Gasteiger charge is -2.06. The number of carbonyl (C=O) groups excluding carboxylic acids is 1. The van der Waals surface area contributed by atoms with Crippen LogP contribution >= 0.6 is 15.9 Å². The van der Waals surface area contributed by atoms with Crippen molar-refractivity contribution in [2.75, 3.05) is 11.9 Å². The summed E-state index contributed by atoms with van der Waals surface area (Å²) in [5, 5.41) is 7.08. The van der Waals surface area contributed by atoms with Crippen LogP contribution in [0.4, 0.5) is 10.6 Å². The zero-order valence-electron chi connectivity index (χ0n) is 11.6. The van der Waals surface area contributed by atoms with E-state index in [2.05, 4.69) is 31.4 Å². The molecule has 0 saturated carbocycles. The number of anilines is 1. The minimum atomic E-state index is -0.508. The molecule has 0 unspecified atom stereocenters. The monoisotopic (exact) mass is 353 g/mol. The van der Waals surface area contributed by atoms with Gasteiger partial charge in [0.2, 0.25) is 0 Å². The Bertz CT molecular complexity index is 601.